The summed E-state index contributed by atoms with van der Waals surface area (Å²) in [5.74, 6) is -0.157. The van der Waals surface area contributed by atoms with E-state index in [1.165, 1.54) is 0 Å². The van der Waals surface area contributed by atoms with Gasteiger partial charge in [0.2, 0.25) is 5.63 Å². The van der Waals surface area contributed by atoms with Crippen LogP contribution in [-0.4, -0.2) is 9.97 Å². The molecule has 0 bridgehead atoms. The molecule has 0 saturated carbocycles. The summed E-state index contributed by atoms with van der Waals surface area (Å²) in [5, 5.41) is 0.425. The third-order valence-corrected chi connectivity index (χ3v) is 2.04. The van der Waals surface area contributed by atoms with E-state index < -0.39 is 5.63 Å². The number of H-pyrrole nitrogens is 1. The minimum Gasteiger partial charge on any atom is -0.306 e. The summed E-state index contributed by atoms with van der Waals surface area (Å²) in [5.41, 5.74) is -1.73. The number of aromatic nitrogens is 2. The maximum Gasteiger partial charge on any atom is 0.258 e. The summed E-state index contributed by atoms with van der Waals surface area (Å²) in [4.78, 5) is 17.5. The quantitative estimate of drug-likeness (QED) is 0.736. The molecule has 1 N–H and O–H groups in total. The predicted octanol–water partition coefficient (Wildman–Crippen LogP) is 2.13. The number of hydrogen-bond donors (Lipinski definition) is 1. The van der Waals surface area contributed by atoms with Crippen molar-refractivity contribution in [1.82, 2.24) is 9.97 Å². The Balaban J connectivity index is 2.79. The predicted molar refractivity (Wildman–Crippen MR) is 52.1 cm³/mol. The van der Waals surface area contributed by atoms with E-state index in [2.05, 4.69) is 9.97 Å². The Morgan fingerprint density at radius 2 is 2.14 bits per heavy atom. The van der Waals surface area contributed by atoms with Gasteiger partial charge in [-0.15, -0.1) is 0 Å². The summed E-state index contributed by atoms with van der Waals surface area (Å²) < 4.78 is 12.7. The molecule has 3 nitrogen and oxygen atoms in total. The molecular formula is C9H6ClFN2O. The molecule has 0 saturated heterocycles. The van der Waals surface area contributed by atoms with Crippen LogP contribution in [0.1, 0.15) is 11.5 Å². The first-order valence-corrected chi connectivity index (χ1v) is 4.39. The van der Waals surface area contributed by atoms with Gasteiger partial charge < -0.3 is 4.98 Å². The third-order valence-electron chi connectivity index (χ3n) is 1.84. The van der Waals surface area contributed by atoms with E-state index in [4.69, 9.17) is 11.6 Å². The van der Waals surface area contributed by atoms with Gasteiger partial charge in [0.05, 0.1) is 10.9 Å². The Hall–Kier alpha value is -1.42. The molecule has 2 rings (SSSR count). The van der Waals surface area contributed by atoms with E-state index in [9.17, 15) is 9.18 Å². The minimum absolute atomic E-state index is 0.157. The summed E-state index contributed by atoms with van der Waals surface area (Å²) in [6.07, 6.45) is 0. The van der Waals surface area contributed by atoms with Crippen molar-refractivity contribution in [3.63, 3.8) is 0 Å². The van der Waals surface area contributed by atoms with Crippen LogP contribution in [-0.2, 0) is 0 Å². The second kappa shape index (κ2) is 3.38. The topological polar surface area (TPSA) is 45.8 Å². The number of hydrogen-bond acceptors (Lipinski definition) is 2. The number of alkyl halides is 2. The van der Waals surface area contributed by atoms with E-state index in [0.717, 1.165) is 0 Å². The van der Waals surface area contributed by atoms with Gasteiger partial charge in [-0.2, -0.15) is 0 Å². The first-order chi connectivity index (χ1) is 6.68. The smallest absolute Gasteiger partial charge is 0.258 e. The largest absolute Gasteiger partial charge is 0.306 e. The number of aromatic amines is 1. The maximum absolute atomic E-state index is 12.7. The van der Waals surface area contributed by atoms with Gasteiger partial charge >= 0.3 is 0 Å². The Morgan fingerprint density at radius 3 is 2.86 bits per heavy atom. The first-order valence-electron chi connectivity index (χ1n) is 3.95. The number of rotatable bonds is 1. The molecule has 14 heavy (non-hydrogen) atoms. The van der Waals surface area contributed by atoms with Crippen molar-refractivity contribution in [2.75, 3.05) is 0 Å². The van der Waals surface area contributed by atoms with Crippen LogP contribution >= 0.6 is 11.6 Å². The molecule has 0 radical (unpaired) electrons. The maximum atomic E-state index is 12.7. The number of benzene rings is 1. The van der Waals surface area contributed by atoms with Crippen LogP contribution in [0.2, 0.25) is 0 Å². The second-order valence-corrected chi connectivity index (χ2v) is 3.15. The van der Waals surface area contributed by atoms with Crippen LogP contribution in [0, 0.1) is 0 Å². The van der Waals surface area contributed by atoms with Crippen molar-refractivity contribution in [3.05, 3.63) is 40.4 Å². The van der Waals surface area contributed by atoms with Gasteiger partial charge in [-0.25, -0.2) is 9.37 Å². The van der Waals surface area contributed by atoms with E-state index in [1.807, 2.05) is 0 Å². The molecule has 0 aliphatic carbocycles. The average molecular weight is 213 g/mol. The van der Waals surface area contributed by atoms with Gasteiger partial charge in [0.25, 0.3) is 5.56 Å². The van der Waals surface area contributed by atoms with Gasteiger partial charge in [0, 0.05) is 0 Å². The number of nitrogens with one attached hydrogen (secondary N) is 1. The van der Waals surface area contributed by atoms with Crippen molar-refractivity contribution >= 4 is 22.5 Å². The van der Waals surface area contributed by atoms with E-state index in [1.54, 1.807) is 24.3 Å². The van der Waals surface area contributed by atoms with Gasteiger partial charge in [-0.1, -0.05) is 23.7 Å². The van der Waals surface area contributed by atoms with E-state index >= 15 is 0 Å². The molecule has 0 amide bonds. The van der Waals surface area contributed by atoms with Gasteiger partial charge in [0.1, 0.15) is 0 Å². The molecule has 1 heterocycles. The lowest BCUT2D eigenvalue weighted by atomic mass is 10.2. The van der Waals surface area contributed by atoms with Gasteiger partial charge in [-0.3, -0.25) is 4.79 Å². The molecule has 2 aromatic rings. The molecule has 1 unspecified atom stereocenters. The Labute approximate surface area is 83.5 Å². The second-order valence-electron chi connectivity index (χ2n) is 2.77. The molecule has 0 fully saturated rings. The van der Waals surface area contributed by atoms with Crippen LogP contribution in [0.25, 0.3) is 10.9 Å². The summed E-state index contributed by atoms with van der Waals surface area (Å²) in [6.45, 7) is 0. The fourth-order valence-electron chi connectivity index (χ4n) is 1.21. The molecular weight excluding hydrogens is 207 g/mol. The first kappa shape index (κ1) is 9.15. The fraction of sp³-hybridized carbons (Fsp3) is 0.111. The number of halogens is 2. The Bertz CT molecular complexity index is 523. The van der Waals surface area contributed by atoms with Gasteiger partial charge in [0.15, 0.2) is 5.82 Å². The van der Waals surface area contributed by atoms with E-state index in [0.29, 0.717) is 10.9 Å². The normalized spacial score (nSPS) is 13.0. The van der Waals surface area contributed by atoms with Crippen LogP contribution < -0.4 is 5.56 Å². The highest BCUT2D eigenvalue weighted by Gasteiger charge is 2.09. The highest BCUT2D eigenvalue weighted by Crippen LogP contribution is 2.17. The van der Waals surface area contributed by atoms with Crippen LogP contribution in [0.4, 0.5) is 4.39 Å². The summed E-state index contributed by atoms with van der Waals surface area (Å²) in [7, 11) is 0. The summed E-state index contributed by atoms with van der Waals surface area (Å²) >= 11 is 5.18. The molecule has 5 heteroatoms. The zero-order chi connectivity index (χ0) is 10.1. The van der Waals surface area contributed by atoms with Gasteiger partial charge in [-0.05, 0) is 12.1 Å². The lowest BCUT2D eigenvalue weighted by molar-refractivity contribution is 0.441. The molecule has 0 spiro atoms. The molecule has 0 aliphatic heterocycles. The van der Waals surface area contributed by atoms with Crippen LogP contribution in [0.15, 0.2) is 29.1 Å². The monoisotopic (exact) mass is 212 g/mol. The fourth-order valence-corrected chi connectivity index (χ4v) is 1.31. The van der Waals surface area contributed by atoms with Crippen molar-refractivity contribution in [2.45, 2.75) is 5.63 Å². The number of para-hydroxylation sites is 1. The number of fused-ring (bicyclic) bond motifs is 1. The minimum atomic E-state index is -1.78. The molecule has 0 aliphatic rings. The zero-order valence-corrected chi connectivity index (χ0v) is 7.75. The standard InChI is InChI=1S/C9H6ClFN2O/c10-7(11)8-12-6-4-2-1-3-5(6)9(14)13-8/h1-4,7H,(H,12,13,14). The highest BCUT2D eigenvalue weighted by molar-refractivity contribution is 6.19. The zero-order valence-electron chi connectivity index (χ0n) is 7.00. The average Bonchev–Trinajstić information content (AvgIpc) is 2.17. The lowest BCUT2D eigenvalue weighted by Crippen LogP contribution is -2.11. The lowest BCUT2D eigenvalue weighted by Gasteiger charge is -2.01. The van der Waals surface area contributed by atoms with Crippen molar-refractivity contribution < 1.29 is 4.39 Å². The molecule has 1 aromatic heterocycles. The molecule has 72 valence electrons. The van der Waals surface area contributed by atoms with Crippen LogP contribution in [0.5, 0.6) is 0 Å². The van der Waals surface area contributed by atoms with Crippen LogP contribution in [0.3, 0.4) is 0 Å². The molecule has 1 atom stereocenters. The Kier molecular flexibility index (Phi) is 2.21. The number of nitrogens with zero attached hydrogens (tertiary/aromatic N) is 1. The van der Waals surface area contributed by atoms with Crippen molar-refractivity contribution in [1.29, 1.82) is 0 Å². The third kappa shape index (κ3) is 1.48. The van der Waals surface area contributed by atoms with Crippen molar-refractivity contribution in [2.24, 2.45) is 0 Å². The highest BCUT2D eigenvalue weighted by atomic mass is 35.5. The van der Waals surface area contributed by atoms with Crippen molar-refractivity contribution in [3.8, 4) is 0 Å². The SMILES string of the molecule is O=c1[nH]c(C(F)Cl)nc2ccccc12. The molecule has 1 aromatic carbocycles. The van der Waals surface area contributed by atoms with E-state index in [-0.39, 0.29) is 11.4 Å². The summed E-state index contributed by atoms with van der Waals surface area (Å²) in [6, 6.07) is 6.69. The Morgan fingerprint density at radius 1 is 1.43 bits per heavy atom.